The number of rotatable bonds is 8. The fraction of sp³-hybridized carbons (Fsp3) is 0.278. The molecule has 0 aliphatic carbocycles. The molecule has 0 saturated heterocycles. The van der Waals surface area contributed by atoms with Crippen molar-refractivity contribution in [2.45, 2.75) is 31.2 Å². The minimum absolute atomic E-state index is 0.0627. The van der Waals surface area contributed by atoms with Gasteiger partial charge >= 0.3 is 0 Å². The van der Waals surface area contributed by atoms with Crippen molar-refractivity contribution < 1.29 is 17.9 Å². The van der Waals surface area contributed by atoms with Gasteiger partial charge in [-0.1, -0.05) is 30.3 Å². The van der Waals surface area contributed by atoms with Gasteiger partial charge < -0.3 is 10.5 Å². The largest absolute Gasteiger partial charge is 0.494 e. The van der Waals surface area contributed by atoms with Gasteiger partial charge in [0.15, 0.2) is 0 Å². The summed E-state index contributed by atoms with van der Waals surface area (Å²) in [6, 6.07) is 12.6. The first-order chi connectivity index (χ1) is 11.8. The number of sulfonamides is 1. The van der Waals surface area contributed by atoms with E-state index in [-0.39, 0.29) is 11.3 Å². The molecule has 0 bridgehead atoms. The highest BCUT2D eigenvalue weighted by Crippen LogP contribution is 2.22. The molecule has 0 saturated carbocycles. The fourth-order valence-corrected chi connectivity index (χ4v) is 3.70. The molecule has 0 aliphatic rings. The van der Waals surface area contributed by atoms with Gasteiger partial charge in [0.05, 0.1) is 11.5 Å². The molecular formula is C18H22N2O4S. The number of hydrogen-bond donors (Lipinski definition) is 2. The Morgan fingerprint density at radius 3 is 2.44 bits per heavy atom. The predicted octanol–water partition coefficient (Wildman–Crippen LogP) is 1.77. The molecule has 1 amide bonds. The van der Waals surface area contributed by atoms with Crippen LogP contribution in [-0.4, -0.2) is 27.0 Å². The van der Waals surface area contributed by atoms with Crippen molar-refractivity contribution in [1.29, 1.82) is 0 Å². The fourth-order valence-electron chi connectivity index (χ4n) is 2.41. The number of aryl methyl sites for hydroxylation is 1. The van der Waals surface area contributed by atoms with Gasteiger partial charge in [-0.2, -0.15) is 4.72 Å². The summed E-state index contributed by atoms with van der Waals surface area (Å²) < 4.78 is 33.0. The van der Waals surface area contributed by atoms with Gasteiger partial charge in [0, 0.05) is 0 Å². The second-order valence-electron chi connectivity index (χ2n) is 5.63. The standard InChI is InChI=1S/C18H22N2O4S/c1-3-24-17-10-9-15(11-13(17)2)25(22,23)20-16(18(19)21)12-14-7-5-4-6-8-14/h4-11,16,20H,3,12H2,1-2H3,(H2,19,21)/t16-/m0/s1. The SMILES string of the molecule is CCOc1ccc(S(=O)(=O)N[C@@H](Cc2ccccc2)C(N)=O)cc1C. The van der Waals surface area contributed by atoms with Gasteiger partial charge in [0.1, 0.15) is 11.8 Å². The molecular weight excluding hydrogens is 340 g/mol. The molecule has 7 heteroatoms. The number of carbonyl (C=O) groups is 1. The quantitative estimate of drug-likeness (QED) is 0.748. The van der Waals surface area contributed by atoms with Crippen molar-refractivity contribution in [1.82, 2.24) is 4.72 Å². The minimum Gasteiger partial charge on any atom is -0.494 e. The summed E-state index contributed by atoms with van der Waals surface area (Å²) in [7, 11) is -3.89. The van der Waals surface area contributed by atoms with E-state index in [1.165, 1.54) is 12.1 Å². The number of nitrogens with two attached hydrogens (primary N) is 1. The number of primary amides is 1. The molecule has 2 rings (SSSR count). The molecule has 134 valence electrons. The lowest BCUT2D eigenvalue weighted by molar-refractivity contribution is -0.119. The highest BCUT2D eigenvalue weighted by atomic mass is 32.2. The van der Waals surface area contributed by atoms with Crippen LogP contribution in [0.3, 0.4) is 0 Å². The average Bonchev–Trinajstić information content (AvgIpc) is 2.57. The number of nitrogens with one attached hydrogen (secondary N) is 1. The highest BCUT2D eigenvalue weighted by molar-refractivity contribution is 7.89. The van der Waals surface area contributed by atoms with Crippen LogP contribution in [0.1, 0.15) is 18.1 Å². The smallest absolute Gasteiger partial charge is 0.241 e. The van der Waals surface area contributed by atoms with Crippen molar-refractivity contribution in [3.63, 3.8) is 0 Å². The Morgan fingerprint density at radius 2 is 1.88 bits per heavy atom. The Labute approximate surface area is 148 Å². The molecule has 0 fully saturated rings. The van der Waals surface area contributed by atoms with Gasteiger partial charge in [-0.25, -0.2) is 8.42 Å². The van der Waals surface area contributed by atoms with Crippen LogP contribution >= 0.6 is 0 Å². The highest BCUT2D eigenvalue weighted by Gasteiger charge is 2.24. The number of carbonyl (C=O) groups excluding carboxylic acids is 1. The van der Waals surface area contributed by atoms with E-state index in [1.54, 1.807) is 13.0 Å². The molecule has 0 radical (unpaired) electrons. The van der Waals surface area contributed by atoms with E-state index in [9.17, 15) is 13.2 Å². The van der Waals surface area contributed by atoms with Crippen LogP contribution in [0.2, 0.25) is 0 Å². The van der Waals surface area contributed by atoms with Crippen molar-refractivity contribution in [2.75, 3.05) is 6.61 Å². The van der Waals surface area contributed by atoms with Crippen molar-refractivity contribution >= 4 is 15.9 Å². The molecule has 0 aromatic heterocycles. The van der Waals surface area contributed by atoms with Crippen molar-refractivity contribution in [3.05, 3.63) is 59.7 Å². The van der Waals surface area contributed by atoms with E-state index >= 15 is 0 Å². The maximum absolute atomic E-state index is 12.6. The first-order valence-electron chi connectivity index (χ1n) is 7.92. The third kappa shape index (κ3) is 5.04. The predicted molar refractivity (Wildman–Crippen MR) is 95.8 cm³/mol. The Kier molecular flexibility index (Phi) is 6.17. The summed E-state index contributed by atoms with van der Waals surface area (Å²) in [5, 5.41) is 0. The van der Waals surface area contributed by atoms with E-state index in [2.05, 4.69) is 4.72 Å². The van der Waals surface area contributed by atoms with Crippen molar-refractivity contribution in [2.24, 2.45) is 5.73 Å². The molecule has 0 unspecified atom stereocenters. The number of benzene rings is 2. The average molecular weight is 362 g/mol. The van der Waals surface area contributed by atoms with E-state index in [0.29, 0.717) is 17.9 Å². The number of ether oxygens (including phenoxy) is 1. The van der Waals surface area contributed by atoms with E-state index < -0.39 is 22.0 Å². The van der Waals surface area contributed by atoms with Gasteiger partial charge in [0.25, 0.3) is 0 Å². The summed E-state index contributed by atoms with van der Waals surface area (Å²) in [5.41, 5.74) is 6.89. The van der Waals surface area contributed by atoms with E-state index in [4.69, 9.17) is 10.5 Å². The summed E-state index contributed by atoms with van der Waals surface area (Å²) >= 11 is 0. The topological polar surface area (TPSA) is 98.5 Å². The zero-order valence-electron chi connectivity index (χ0n) is 14.2. The zero-order chi connectivity index (χ0) is 18.4. The first kappa shape index (κ1) is 19.0. The normalized spacial score (nSPS) is 12.6. The second kappa shape index (κ2) is 8.13. The lowest BCUT2D eigenvalue weighted by Crippen LogP contribution is -2.45. The lowest BCUT2D eigenvalue weighted by Gasteiger charge is -2.16. The summed E-state index contributed by atoms with van der Waals surface area (Å²) in [5.74, 6) is -0.104. The van der Waals surface area contributed by atoms with Crippen LogP contribution in [0.5, 0.6) is 5.75 Å². The summed E-state index contributed by atoms with van der Waals surface area (Å²) in [4.78, 5) is 11.8. The third-order valence-corrected chi connectivity index (χ3v) is 5.15. The van der Waals surface area contributed by atoms with Gasteiger partial charge in [-0.05, 0) is 49.6 Å². The van der Waals surface area contributed by atoms with Crippen LogP contribution < -0.4 is 15.2 Å². The monoisotopic (exact) mass is 362 g/mol. The molecule has 1 atom stereocenters. The Morgan fingerprint density at radius 1 is 1.20 bits per heavy atom. The van der Waals surface area contributed by atoms with Crippen LogP contribution in [0, 0.1) is 6.92 Å². The van der Waals surface area contributed by atoms with Gasteiger partial charge in [-0.3, -0.25) is 4.79 Å². The lowest BCUT2D eigenvalue weighted by atomic mass is 10.1. The van der Waals surface area contributed by atoms with Crippen LogP contribution in [0.15, 0.2) is 53.4 Å². The van der Waals surface area contributed by atoms with E-state index in [1.807, 2.05) is 37.3 Å². The second-order valence-corrected chi connectivity index (χ2v) is 7.34. The molecule has 6 nitrogen and oxygen atoms in total. The molecule has 3 N–H and O–H groups in total. The van der Waals surface area contributed by atoms with Gasteiger partial charge in [0.2, 0.25) is 15.9 Å². The Balaban J connectivity index is 2.22. The maximum Gasteiger partial charge on any atom is 0.241 e. The Hall–Kier alpha value is -2.38. The molecule has 2 aromatic rings. The molecule has 0 aliphatic heterocycles. The molecule has 0 heterocycles. The number of amides is 1. The third-order valence-electron chi connectivity index (χ3n) is 3.68. The first-order valence-corrected chi connectivity index (χ1v) is 9.41. The molecule has 25 heavy (non-hydrogen) atoms. The summed E-state index contributed by atoms with van der Waals surface area (Å²) in [6.45, 7) is 4.11. The van der Waals surface area contributed by atoms with Gasteiger partial charge in [-0.15, -0.1) is 0 Å². The Bertz CT molecular complexity index is 835. The van der Waals surface area contributed by atoms with Crippen molar-refractivity contribution in [3.8, 4) is 5.75 Å². The van der Waals surface area contributed by atoms with Crippen LogP contribution in [0.4, 0.5) is 0 Å². The molecule has 2 aromatic carbocycles. The number of hydrogen-bond acceptors (Lipinski definition) is 4. The van der Waals surface area contributed by atoms with Crippen LogP contribution in [0.25, 0.3) is 0 Å². The van der Waals surface area contributed by atoms with Crippen LogP contribution in [-0.2, 0) is 21.2 Å². The maximum atomic E-state index is 12.6. The van der Waals surface area contributed by atoms with E-state index in [0.717, 1.165) is 5.56 Å². The minimum atomic E-state index is -3.89. The summed E-state index contributed by atoms with van der Waals surface area (Å²) in [6.07, 6.45) is 0.186. The zero-order valence-corrected chi connectivity index (χ0v) is 15.0. The molecule has 0 spiro atoms.